The van der Waals surface area contributed by atoms with Gasteiger partial charge < -0.3 is 19.9 Å². The predicted octanol–water partition coefficient (Wildman–Crippen LogP) is 3.91. The number of nitrogens with zero attached hydrogens (tertiary/aromatic N) is 4. The van der Waals surface area contributed by atoms with Crippen molar-refractivity contribution in [3.8, 4) is 17.3 Å². The standard InChI is InChI=1S/C22H20N6O3S.C2H6/c1-28-10-7-16(12-28)21(30)24-11-19(29)27-22-26-18(14-32-22)17-3-2-4-20(25-17)31-13-15-5-8-23-9-6-15;1-2/h2-10,12,14H,11,13H2,1H3,(H,24,30)(H,26,27,29);1-2H3. The smallest absolute Gasteiger partial charge is 0.253 e. The summed E-state index contributed by atoms with van der Waals surface area (Å²) in [6.45, 7) is 4.23. The van der Waals surface area contributed by atoms with Crippen LogP contribution in [0.4, 0.5) is 5.13 Å². The number of anilines is 1. The lowest BCUT2D eigenvalue weighted by Crippen LogP contribution is -2.32. The third-order valence-electron chi connectivity index (χ3n) is 4.38. The van der Waals surface area contributed by atoms with E-state index in [1.807, 2.05) is 45.2 Å². The van der Waals surface area contributed by atoms with Gasteiger partial charge in [0, 0.05) is 43.3 Å². The third-order valence-corrected chi connectivity index (χ3v) is 5.13. The van der Waals surface area contributed by atoms with E-state index in [0.717, 1.165) is 5.56 Å². The van der Waals surface area contributed by atoms with Crippen molar-refractivity contribution in [3.05, 3.63) is 77.7 Å². The second-order valence-electron chi connectivity index (χ2n) is 6.84. The number of hydrogen-bond donors (Lipinski definition) is 2. The molecule has 0 saturated heterocycles. The Morgan fingerprint density at radius 3 is 2.59 bits per heavy atom. The molecule has 0 atom stereocenters. The molecule has 0 unspecified atom stereocenters. The van der Waals surface area contributed by atoms with E-state index in [-0.39, 0.29) is 18.4 Å². The van der Waals surface area contributed by atoms with Crippen LogP contribution in [0.15, 0.2) is 66.6 Å². The molecule has 4 heterocycles. The summed E-state index contributed by atoms with van der Waals surface area (Å²) in [5.41, 5.74) is 2.73. The van der Waals surface area contributed by atoms with Crippen LogP contribution in [0, 0.1) is 0 Å². The highest BCUT2D eigenvalue weighted by molar-refractivity contribution is 7.14. The average Bonchev–Trinajstić information content (AvgIpc) is 3.52. The number of carbonyl (C=O) groups excluding carboxylic acids is 2. The Morgan fingerprint density at radius 2 is 1.85 bits per heavy atom. The van der Waals surface area contributed by atoms with Crippen LogP contribution in [-0.2, 0) is 18.4 Å². The minimum Gasteiger partial charge on any atom is -0.473 e. The molecule has 4 rings (SSSR count). The molecule has 2 amide bonds. The van der Waals surface area contributed by atoms with E-state index in [9.17, 15) is 9.59 Å². The molecule has 0 saturated carbocycles. The van der Waals surface area contributed by atoms with Crippen LogP contribution in [0.2, 0.25) is 0 Å². The molecule has 0 bridgehead atoms. The number of ether oxygens (including phenoxy) is 1. The van der Waals surface area contributed by atoms with E-state index in [0.29, 0.717) is 34.6 Å². The topological polar surface area (TPSA) is 111 Å². The molecule has 0 aliphatic carbocycles. The highest BCUT2D eigenvalue weighted by atomic mass is 32.1. The largest absolute Gasteiger partial charge is 0.473 e. The van der Waals surface area contributed by atoms with Crippen molar-refractivity contribution in [2.45, 2.75) is 20.5 Å². The molecule has 9 nitrogen and oxygen atoms in total. The van der Waals surface area contributed by atoms with Gasteiger partial charge in [-0.25, -0.2) is 9.97 Å². The number of aromatic nitrogens is 4. The van der Waals surface area contributed by atoms with Gasteiger partial charge in [-0.15, -0.1) is 11.3 Å². The third kappa shape index (κ3) is 6.97. The van der Waals surface area contributed by atoms with Crippen molar-refractivity contribution in [1.29, 1.82) is 0 Å². The van der Waals surface area contributed by atoms with E-state index in [1.54, 1.807) is 46.9 Å². The van der Waals surface area contributed by atoms with E-state index < -0.39 is 0 Å². The van der Waals surface area contributed by atoms with E-state index >= 15 is 0 Å². The highest BCUT2D eigenvalue weighted by Crippen LogP contribution is 2.25. The number of amides is 2. The van der Waals surface area contributed by atoms with Crippen molar-refractivity contribution in [2.24, 2.45) is 7.05 Å². The summed E-state index contributed by atoms with van der Waals surface area (Å²) in [6.07, 6.45) is 6.86. The van der Waals surface area contributed by atoms with Crippen LogP contribution in [-0.4, -0.2) is 37.9 Å². The molecule has 34 heavy (non-hydrogen) atoms. The van der Waals surface area contributed by atoms with Gasteiger partial charge in [-0.1, -0.05) is 19.9 Å². The molecular formula is C24H26N6O3S. The first-order chi connectivity index (χ1) is 16.6. The van der Waals surface area contributed by atoms with Crippen LogP contribution >= 0.6 is 11.3 Å². The zero-order valence-electron chi connectivity index (χ0n) is 19.2. The number of nitrogens with one attached hydrogen (secondary N) is 2. The molecule has 0 aliphatic heterocycles. The molecule has 176 valence electrons. The van der Waals surface area contributed by atoms with E-state index in [2.05, 4.69) is 25.6 Å². The molecule has 4 aromatic rings. The number of thiazole rings is 1. The van der Waals surface area contributed by atoms with Gasteiger partial charge in [-0.2, -0.15) is 0 Å². The van der Waals surface area contributed by atoms with Crippen LogP contribution < -0.4 is 15.4 Å². The predicted molar refractivity (Wildman–Crippen MR) is 132 cm³/mol. The highest BCUT2D eigenvalue weighted by Gasteiger charge is 2.12. The quantitative estimate of drug-likeness (QED) is 0.397. The molecule has 2 N–H and O–H groups in total. The Bertz CT molecular complexity index is 1220. The lowest BCUT2D eigenvalue weighted by atomic mass is 10.3. The molecule has 4 aromatic heterocycles. The summed E-state index contributed by atoms with van der Waals surface area (Å²) in [4.78, 5) is 37.1. The van der Waals surface area contributed by atoms with Crippen molar-refractivity contribution in [1.82, 2.24) is 24.8 Å². The summed E-state index contributed by atoms with van der Waals surface area (Å²) >= 11 is 1.28. The van der Waals surface area contributed by atoms with Gasteiger partial charge in [-0.3, -0.25) is 14.6 Å². The molecular weight excluding hydrogens is 452 g/mol. The number of carbonyl (C=O) groups is 2. The summed E-state index contributed by atoms with van der Waals surface area (Å²) in [7, 11) is 1.82. The average molecular weight is 479 g/mol. The number of hydrogen-bond acceptors (Lipinski definition) is 7. The zero-order chi connectivity index (χ0) is 24.3. The summed E-state index contributed by atoms with van der Waals surface area (Å²) < 4.78 is 7.51. The molecule has 0 spiro atoms. The SMILES string of the molecule is CC.Cn1ccc(C(=O)NCC(=O)Nc2nc(-c3cccc(OCc4ccncc4)n3)cs2)c1. The monoisotopic (exact) mass is 478 g/mol. The van der Waals surface area contributed by atoms with E-state index in [4.69, 9.17) is 4.74 Å². The summed E-state index contributed by atoms with van der Waals surface area (Å²) in [5.74, 6) is -0.201. The van der Waals surface area contributed by atoms with Crippen LogP contribution in [0.25, 0.3) is 11.4 Å². The Hall–Kier alpha value is -4.05. The second kappa shape index (κ2) is 12.3. The number of rotatable bonds is 8. The van der Waals surface area contributed by atoms with Gasteiger partial charge in [-0.05, 0) is 29.8 Å². The Morgan fingerprint density at radius 1 is 1.06 bits per heavy atom. The first-order valence-electron chi connectivity index (χ1n) is 10.7. The maximum Gasteiger partial charge on any atom is 0.253 e. The first-order valence-corrected chi connectivity index (χ1v) is 11.6. The van der Waals surface area contributed by atoms with Crippen molar-refractivity contribution in [2.75, 3.05) is 11.9 Å². The minimum atomic E-state index is -0.363. The van der Waals surface area contributed by atoms with Gasteiger partial charge >= 0.3 is 0 Å². The number of pyridine rings is 2. The fourth-order valence-corrected chi connectivity index (χ4v) is 3.51. The van der Waals surface area contributed by atoms with Crippen LogP contribution in [0.3, 0.4) is 0 Å². The van der Waals surface area contributed by atoms with Crippen molar-refractivity contribution < 1.29 is 14.3 Å². The molecule has 0 aliphatic rings. The van der Waals surface area contributed by atoms with Crippen molar-refractivity contribution >= 4 is 28.3 Å². The number of aryl methyl sites for hydroxylation is 1. The van der Waals surface area contributed by atoms with Crippen LogP contribution in [0.1, 0.15) is 29.8 Å². The Labute approximate surface area is 201 Å². The lowest BCUT2D eigenvalue weighted by Gasteiger charge is -2.06. The zero-order valence-corrected chi connectivity index (χ0v) is 20.0. The first kappa shape index (κ1) is 24.6. The van der Waals surface area contributed by atoms with Gasteiger partial charge in [0.25, 0.3) is 5.91 Å². The van der Waals surface area contributed by atoms with Crippen LogP contribution in [0.5, 0.6) is 5.88 Å². The maximum absolute atomic E-state index is 12.2. The van der Waals surface area contributed by atoms with E-state index in [1.165, 1.54) is 11.3 Å². The summed E-state index contributed by atoms with van der Waals surface area (Å²) in [5, 5.41) is 7.49. The Kier molecular flexibility index (Phi) is 8.87. The fraction of sp³-hybridized carbons (Fsp3) is 0.208. The lowest BCUT2D eigenvalue weighted by molar-refractivity contribution is -0.115. The molecule has 0 radical (unpaired) electrons. The normalized spacial score (nSPS) is 10.1. The molecule has 0 fully saturated rings. The minimum absolute atomic E-state index is 0.154. The van der Waals surface area contributed by atoms with Gasteiger partial charge in [0.1, 0.15) is 12.3 Å². The fourth-order valence-electron chi connectivity index (χ4n) is 2.79. The second-order valence-corrected chi connectivity index (χ2v) is 7.70. The van der Waals surface area contributed by atoms with Crippen molar-refractivity contribution in [3.63, 3.8) is 0 Å². The Balaban J connectivity index is 0.00000158. The molecule has 0 aromatic carbocycles. The van der Waals surface area contributed by atoms with Gasteiger partial charge in [0.05, 0.1) is 17.8 Å². The summed E-state index contributed by atoms with van der Waals surface area (Å²) in [6, 6.07) is 10.9. The molecule has 10 heteroatoms. The maximum atomic E-state index is 12.2. The van der Waals surface area contributed by atoms with Gasteiger partial charge in [0.2, 0.25) is 11.8 Å². The van der Waals surface area contributed by atoms with Gasteiger partial charge in [0.15, 0.2) is 5.13 Å².